The van der Waals surface area contributed by atoms with Gasteiger partial charge in [0.25, 0.3) is 0 Å². The third-order valence-corrected chi connectivity index (χ3v) is 3.98. The molecule has 0 aromatic rings. The zero-order valence-electron chi connectivity index (χ0n) is 9.11. The van der Waals surface area contributed by atoms with Crippen molar-refractivity contribution in [3.63, 3.8) is 0 Å². The molecule has 1 aliphatic rings. The van der Waals surface area contributed by atoms with Gasteiger partial charge in [-0.25, -0.2) is 0 Å². The number of hydrogen-bond donors (Lipinski definition) is 3. The second-order valence-corrected chi connectivity index (χ2v) is 5.32. The molecule has 4 N–H and O–H groups in total. The Morgan fingerprint density at radius 1 is 1.67 bits per heavy atom. The monoisotopic (exact) mass is 232 g/mol. The van der Waals surface area contributed by atoms with Gasteiger partial charge in [-0.3, -0.25) is 4.79 Å². The average Bonchev–Trinajstić information content (AvgIpc) is 2.26. The number of rotatable bonds is 4. The third kappa shape index (κ3) is 4.40. The van der Waals surface area contributed by atoms with Gasteiger partial charge in [0.05, 0.1) is 11.4 Å². The molecular weight excluding hydrogens is 212 g/mol. The molecule has 0 saturated carbocycles. The summed E-state index contributed by atoms with van der Waals surface area (Å²) >= 11 is 1.72. The third-order valence-electron chi connectivity index (χ3n) is 2.60. The number of aliphatic hydroxyl groups is 1. The Morgan fingerprint density at radius 2 is 2.40 bits per heavy atom. The van der Waals surface area contributed by atoms with E-state index in [1.165, 1.54) is 6.42 Å². The van der Waals surface area contributed by atoms with Gasteiger partial charge in [-0.15, -0.1) is 11.8 Å². The first-order chi connectivity index (χ1) is 7.11. The molecule has 15 heavy (non-hydrogen) atoms. The van der Waals surface area contributed by atoms with Crippen molar-refractivity contribution in [2.24, 2.45) is 5.73 Å². The van der Waals surface area contributed by atoms with Gasteiger partial charge < -0.3 is 16.2 Å². The minimum absolute atomic E-state index is 0.0656. The van der Waals surface area contributed by atoms with E-state index in [0.29, 0.717) is 6.54 Å². The van der Waals surface area contributed by atoms with Gasteiger partial charge in [-0.2, -0.15) is 0 Å². The lowest BCUT2D eigenvalue weighted by Gasteiger charge is -2.22. The molecule has 3 unspecified atom stereocenters. The van der Waals surface area contributed by atoms with E-state index < -0.39 is 6.10 Å². The van der Waals surface area contributed by atoms with Crippen molar-refractivity contribution in [2.75, 3.05) is 12.3 Å². The summed E-state index contributed by atoms with van der Waals surface area (Å²) in [6.07, 6.45) is 2.72. The standard InChI is InChI=1S/C10H20N2O2S/c1-7(13)8(11)6-12-10(14)9-4-2-3-5-15-9/h7-9,13H,2-6,11H2,1H3,(H,12,14). The fourth-order valence-electron chi connectivity index (χ4n) is 1.45. The van der Waals surface area contributed by atoms with Crippen LogP contribution in [0.25, 0.3) is 0 Å². The lowest BCUT2D eigenvalue weighted by atomic mass is 10.1. The van der Waals surface area contributed by atoms with Crippen LogP contribution in [-0.2, 0) is 4.79 Å². The predicted octanol–water partition coefficient (Wildman–Crippen LogP) is 0.0964. The minimum Gasteiger partial charge on any atom is -0.392 e. The number of hydrogen-bond acceptors (Lipinski definition) is 4. The van der Waals surface area contributed by atoms with E-state index in [4.69, 9.17) is 10.8 Å². The largest absolute Gasteiger partial charge is 0.392 e. The van der Waals surface area contributed by atoms with Crippen molar-refractivity contribution in [3.8, 4) is 0 Å². The maximum absolute atomic E-state index is 11.7. The molecule has 0 spiro atoms. The van der Waals surface area contributed by atoms with E-state index in [1.807, 2.05) is 0 Å². The Balaban J connectivity index is 2.22. The molecule has 1 rings (SSSR count). The lowest BCUT2D eigenvalue weighted by Crippen LogP contribution is -2.46. The molecule has 4 nitrogen and oxygen atoms in total. The van der Waals surface area contributed by atoms with Crippen molar-refractivity contribution >= 4 is 17.7 Å². The highest BCUT2D eigenvalue weighted by atomic mass is 32.2. The quantitative estimate of drug-likeness (QED) is 0.642. The summed E-state index contributed by atoms with van der Waals surface area (Å²) in [6, 6.07) is -0.373. The summed E-state index contributed by atoms with van der Waals surface area (Å²) in [5.74, 6) is 1.14. The molecule has 0 radical (unpaired) electrons. The summed E-state index contributed by atoms with van der Waals surface area (Å²) in [5.41, 5.74) is 5.62. The van der Waals surface area contributed by atoms with E-state index in [2.05, 4.69) is 5.32 Å². The fourth-order valence-corrected chi connectivity index (χ4v) is 2.67. The molecule has 1 heterocycles. The SMILES string of the molecule is CC(O)C(N)CNC(=O)C1CCCCS1. The highest BCUT2D eigenvalue weighted by Gasteiger charge is 2.22. The smallest absolute Gasteiger partial charge is 0.233 e. The van der Waals surface area contributed by atoms with Crippen LogP contribution in [0.3, 0.4) is 0 Å². The molecule has 3 atom stereocenters. The van der Waals surface area contributed by atoms with E-state index in [0.717, 1.165) is 18.6 Å². The number of carbonyl (C=O) groups excluding carboxylic acids is 1. The van der Waals surface area contributed by atoms with E-state index in [1.54, 1.807) is 18.7 Å². The lowest BCUT2D eigenvalue weighted by molar-refractivity contribution is -0.120. The van der Waals surface area contributed by atoms with E-state index in [-0.39, 0.29) is 17.2 Å². The molecule has 1 saturated heterocycles. The van der Waals surface area contributed by atoms with Gasteiger partial charge in [0.15, 0.2) is 0 Å². The van der Waals surface area contributed by atoms with Crippen LogP contribution >= 0.6 is 11.8 Å². The minimum atomic E-state index is -0.579. The summed E-state index contributed by atoms with van der Waals surface area (Å²) in [6.45, 7) is 1.99. The summed E-state index contributed by atoms with van der Waals surface area (Å²) in [7, 11) is 0. The zero-order valence-corrected chi connectivity index (χ0v) is 9.93. The normalized spacial score (nSPS) is 25.7. The molecule has 88 valence electrons. The van der Waals surface area contributed by atoms with Crippen LogP contribution in [0.1, 0.15) is 26.2 Å². The van der Waals surface area contributed by atoms with Crippen LogP contribution in [0.2, 0.25) is 0 Å². The Bertz CT molecular complexity index is 206. The van der Waals surface area contributed by atoms with E-state index >= 15 is 0 Å². The summed E-state index contributed by atoms with van der Waals surface area (Å²) in [5, 5.41) is 12.0. The number of thioether (sulfide) groups is 1. The van der Waals surface area contributed by atoms with E-state index in [9.17, 15) is 4.79 Å². The van der Waals surface area contributed by atoms with Crippen LogP contribution in [0.15, 0.2) is 0 Å². The van der Waals surface area contributed by atoms with Gasteiger partial charge in [0, 0.05) is 12.6 Å². The molecule has 0 aromatic carbocycles. The van der Waals surface area contributed by atoms with Crippen LogP contribution in [0.5, 0.6) is 0 Å². The molecule has 1 fully saturated rings. The summed E-state index contributed by atoms with van der Waals surface area (Å²) < 4.78 is 0. The van der Waals surface area contributed by atoms with Gasteiger partial charge in [0.2, 0.25) is 5.91 Å². The molecular formula is C10H20N2O2S. The van der Waals surface area contributed by atoms with Gasteiger partial charge >= 0.3 is 0 Å². The first-order valence-corrected chi connectivity index (χ1v) is 6.49. The van der Waals surface area contributed by atoms with Crippen molar-refractivity contribution in [1.29, 1.82) is 0 Å². The molecule has 0 bridgehead atoms. The van der Waals surface area contributed by atoms with Crippen LogP contribution in [-0.4, -0.2) is 40.7 Å². The summed E-state index contributed by atoms with van der Waals surface area (Å²) in [4.78, 5) is 11.7. The topological polar surface area (TPSA) is 75.3 Å². The first-order valence-electron chi connectivity index (χ1n) is 5.44. The number of aliphatic hydroxyl groups excluding tert-OH is 1. The zero-order chi connectivity index (χ0) is 11.3. The first kappa shape index (κ1) is 12.8. The molecule has 1 amide bonds. The highest BCUT2D eigenvalue weighted by Crippen LogP contribution is 2.24. The van der Waals surface area contributed by atoms with Crippen molar-refractivity contribution in [1.82, 2.24) is 5.32 Å². The average molecular weight is 232 g/mol. The Kier molecular flexibility index (Phi) is 5.42. The molecule has 5 heteroatoms. The second-order valence-electron chi connectivity index (χ2n) is 4.00. The second kappa shape index (κ2) is 6.35. The molecule has 0 aromatic heterocycles. The maximum Gasteiger partial charge on any atom is 0.233 e. The number of amides is 1. The molecule has 1 aliphatic heterocycles. The van der Waals surface area contributed by atoms with Crippen molar-refractivity contribution in [3.05, 3.63) is 0 Å². The maximum atomic E-state index is 11.7. The number of carbonyl (C=O) groups is 1. The van der Waals surface area contributed by atoms with Crippen LogP contribution in [0, 0.1) is 0 Å². The van der Waals surface area contributed by atoms with Gasteiger partial charge in [0.1, 0.15) is 0 Å². The molecule has 0 aliphatic carbocycles. The van der Waals surface area contributed by atoms with Crippen molar-refractivity contribution in [2.45, 2.75) is 43.6 Å². The predicted molar refractivity (Wildman–Crippen MR) is 62.8 cm³/mol. The van der Waals surface area contributed by atoms with Crippen LogP contribution in [0.4, 0.5) is 0 Å². The Labute approximate surface area is 95.0 Å². The van der Waals surface area contributed by atoms with Gasteiger partial charge in [-0.1, -0.05) is 6.42 Å². The number of nitrogens with two attached hydrogens (primary N) is 1. The number of nitrogens with one attached hydrogen (secondary N) is 1. The van der Waals surface area contributed by atoms with Crippen molar-refractivity contribution < 1.29 is 9.90 Å². The Morgan fingerprint density at radius 3 is 2.93 bits per heavy atom. The van der Waals surface area contributed by atoms with Crippen LogP contribution < -0.4 is 11.1 Å². The highest BCUT2D eigenvalue weighted by molar-refractivity contribution is 8.00. The Hall–Kier alpha value is -0.260. The fraction of sp³-hybridized carbons (Fsp3) is 0.900. The van der Waals surface area contributed by atoms with Gasteiger partial charge in [-0.05, 0) is 25.5 Å².